The molecule has 0 fully saturated rings. The molecule has 3 aromatic rings. The highest BCUT2D eigenvalue weighted by Crippen LogP contribution is 2.19. The van der Waals surface area contributed by atoms with E-state index in [4.69, 9.17) is 0 Å². The molecule has 2 atom stereocenters. The third-order valence-corrected chi connectivity index (χ3v) is 8.61. The fourth-order valence-corrected chi connectivity index (χ4v) is 5.38. The molecule has 0 aliphatic heterocycles. The molecule has 208 valence electrons. The van der Waals surface area contributed by atoms with Crippen LogP contribution in [0.15, 0.2) is 83.8 Å². The highest BCUT2D eigenvalue weighted by atomic mass is 32.2. The number of benzene rings is 3. The molecule has 0 saturated heterocycles. The highest BCUT2D eigenvalue weighted by molar-refractivity contribution is 7.89. The van der Waals surface area contributed by atoms with Gasteiger partial charge >= 0.3 is 0 Å². The number of hydrogen-bond acceptors (Lipinski definition) is 4. The highest BCUT2D eigenvalue weighted by Gasteiger charge is 2.33. The predicted octanol–water partition coefficient (Wildman–Crippen LogP) is 4.48. The largest absolute Gasteiger partial charge is 0.352 e. The zero-order valence-corrected chi connectivity index (χ0v) is 24.2. The van der Waals surface area contributed by atoms with Crippen LogP contribution in [0.25, 0.3) is 0 Å². The number of likely N-dealkylation sites (N-methyl/N-ethyl adjacent to an activating group) is 1. The van der Waals surface area contributed by atoms with E-state index in [0.29, 0.717) is 6.42 Å². The number of aryl methyl sites for hydroxylation is 2. The molecule has 2 unspecified atom stereocenters. The predicted molar refractivity (Wildman–Crippen MR) is 155 cm³/mol. The van der Waals surface area contributed by atoms with Gasteiger partial charge < -0.3 is 10.2 Å². The molecule has 7 nitrogen and oxygen atoms in total. The second-order valence-corrected chi connectivity index (χ2v) is 12.2. The maximum atomic E-state index is 13.9. The van der Waals surface area contributed by atoms with E-state index in [2.05, 4.69) is 5.32 Å². The Kier molecular flexibility index (Phi) is 10.4. The molecule has 1 N–H and O–H groups in total. The van der Waals surface area contributed by atoms with Crippen molar-refractivity contribution in [1.82, 2.24) is 14.5 Å². The summed E-state index contributed by atoms with van der Waals surface area (Å²) in [7, 11) is -2.51. The third-order valence-electron chi connectivity index (χ3n) is 6.79. The molecule has 0 aliphatic carbocycles. The maximum Gasteiger partial charge on any atom is 0.243 e. The lowest BCUT2D eigenvalue weighted by molar-refractivity contribution is -0.141. The number of hydrogen-bond donors (Lipinski definition) is 1. The number of sulfonamides is 1. The molecule has 0 saturated carbocycles. The van der Waals surface area contributed by atoms with E-state index in [1.165, 1.54) is 24.1 Å². The van der Waals surface area contributed by atoms with Crippen LogP contribution < -0.4 is 5.32 Å². The maximum absolute atomic E-state index is 13.9. The van der Waals surface area contributed by atoms with Gasteiger partial charge in [0.05, 0.1) is 11.4 Å². The molecule has 0 spiro atoms. The van der Waals surface area contributed by atoms with E-state index in [9.17, 15) is 18.0 Å². The number of nitrogens with zero attached hydrogens (tertiary/aromatic N) is 2. The fraction of sp³-hybridized carbons (Fsp3) is 0.355. The molecule has 2 amide bonds. The Morgan fingerprint density at radius 3 is 2.13 bits per heavy atom. The second-order valence-electron chi connectivity index (χ2n) is 10.1. The summed E-state index contributed by atoms with van der Waals surface area (Å²) >= 11 is 0. The summed E-state index contributed by atoms with van der Waals surface area (Å²) in [5, 5.41) is 3.03. The standard InChI is InChI=1S/C31H39N3O4S/c1-6-25(4)32-31(36)29(20-26-12-8-7-9-13-26)34(21-27-14-10-11-24(3)19-27)30(35)22-33(5)39(37,38)28-17-15-23(2)16-18-28/h7-19,25,29H,6,20-22H2,1-5H3,(H,32,36). The van der Waals surface area contributed by atoms with Gasteiger partial charge in [-0.05, 0) is 50.5 Å². The lowest BCUT2D eigenvalue weighted by Crippen LogP contribution is -2.54. The van der Waals surface area contributed by atoms with Gasteiger partial charge in [0.1, 0.15) is 6.04 Å². The zero-order valence-electron chi connectivity index (χ0n) is 23.4. The van der Waals surface area contributed by atoms with E-state index < -0.39 is 28.5 Å². The first-order valence-corrected chi connectivity index (χ1v) is 14.7. The van der Waals surface area contributed by atoms with Crippen molar-refractivity contribution < 1.29 is 18.0 Å². The molecule has 0 aliphatic rings. The van der Waals surface area contributed by atoms with Crippen LogP contribution in [0.3, 0.4) is 0 Å². The van der Waals surface area contributed by atoms with Gasteiger partial charge in [0.2, 0.25) is 21.8 Å². The number of rotatable bonds is 12. The van der Waals surface area contributed by atoms with Crippen molar-refractivity contribution in [2.45, 2.75) is 64.1 Å². The average molecular weight is 550 g/mol. The summed E-state index contributed by atoms with van der Waals surface area (Å²) in [5.41, 5.74) is 3.74. The number of nitrogens with one attached hydrogen (secondary N) is 1. The Balaban J connectivity index is 1.98. The molecule has 0 heterocycles. The Morgan fingerprint density at radius 2 is 1.51 bits per heavy atom. The summed E-state index contributed by atoms with van der Waals surface area (Å²) in [6.07, 6.45) is 1.04. The fourth-order valence-electron chi connectivity index (χ4n) is 4.26. The molecule has 8 heteroatoms. The smallest absolute Gasteiger partial charge is 0.243 e. The second kappa shape index (κ2) is 13.5. The van der Waals surface area contributed by atoms with Crippen molar-refractivity contribution in [2.75, 3.05) is 13.6 Å². The Hall–Kier alpha value is -3.49. The van der Waals surface area contributed by atoms with Crippen LogP contribution in [0, 0.1) is 13.8 Å². The van der Waals surface area contributed by atoms with Crippen LogP contribution in [0.5, 0.6) is 0 Å². The quantitative estimate of drug-likeness (QED) is 0.361. The molecule has 0 bridgehead atoms. The molecule has 39 heavy (non-hydrogen) atoms. The van der Waals surface area contributed by atoms with Crippen LogP contribution in [0.1, 0.15) is 42.5 Å². The number of amides is 2. The summed E-state index contributed by atoms with van der Waals surface area (Å²) < 4.78 is 27.6. The van der Waals surface area contributed by atoms with Gasteiger partial charge in [-0.3, -0.25) is 9.59 Å². The summed E-state index contributed by atoms with van der Waals surface area (Å²) in [4.78, 5) is 29.2. The summed E-state index contributed by atoms with van der Waals surface area (Å²) in [6.45, 7) is 7.52. The molecule has 0 aromatic heterocycles. The number of carbonyl (C=O) groups excluding carboxylic acids is 2. The normalized spacial score (nSPS) is 13.1. The lowest BCUT2D eigenvalue weighted by atomic mass is 10.0. The SMILES string of the molecule is CCC(C)NC(=O)C(Cc1ccccc1)N(Cc1cccc(C)c1)C(=O)CN(C)S(=O)(=O)c1ccc(C)cc1. The van der Waals surface area contributed by atoms with Crippen molar-refractivity contribution in [3.05, 3.63) is 101 Å². The monoisotopic (exact) mass is 549 g/mol. The molecule has 3 aromatic carbocycles. The van der Waals surface area contributed by atoms with Gasteiger partial charge in [0.25, 0.3) is 0 Å². The minimum absolute atomic E-state index is 0.0729. The van der Waals surface area contributed by atoms with Crippen molar-refractivity contribution in [2.24, 2.45) is 0 Å². The zero-order chi connectivity index (χ0) is 28.6. The van der Waals surface area contributed by atoms with E-state index in [-0.39, 0.29) is 23.4 Å². The Morgan fingerprint density at radius 1 is 0.872 bits per heavy atom. The summed E-state index contributed by atoms with van der Waals surface area (Å²) in [6, 6.07) is 22.9. The first-order valence-electron chi connectivity index (χ1n) is 13.2. The molecular weight excluding hydrogens is 510 g/mol. The van der Waals surface area contributed by atoms with Crippen LogP contribution in [0.4, 0.5) is 0 Å². The van der Waals surface area contributed by atoms with Crippen molar-refractivity contribution in [1.29, 1.82) is 0 Å². The summed E-state index contributed by atoms with van der Waals surface area (Å²) in [5.74, 6) is -0.715. The van der Waals surface area contributed by atoms with Crippen LogP contribution in [0.2, 0.25) is 0 Å². The molecule has 0 radical (unpaired) electrons. The van der Waals surface area contributed by atoms with Crippen LogP contribution >= 0.6 is 0 Å². The van der Waals surface area contributed by atoms with Gasteiger partial charge in [-0.2, -0.15) is 4.31 Å². The molecular formula is C31H39N3O4S. The first kappa shape index (κ1) is 30.1. The van der Waals surface area contributed by atoms with Gasteiger partial charge in [-0.15, -0.1) is 0 Å². The number of carbonyl (C=O) groups is 2. The van der Waals surface area contributed by atoms with Crippen molar-refractivity contribution in [3.8, 4) is 0 Å². The minimum Gasteiger partial charge on any atom is -0.352 e. The molecule has 3 rings (SSSR count). The van der Waals surface area contributed by atoms with E-state index in [1.54, 1.807) is 12.1 Å². The lowest BCUT2D eigenvalue weighted by Gasteiger charge is -2.33. The van der Waals surface area contributed by atoms with E-state index in [1.807, 2.05) is 82.3 Å². The first-order chi connectivity index (χ1) is 18.5. The average Bonchev–Trinajstić information content (AvgIpc) is 2.91. The van der Waals surface area contributed by atoms with E-state index in [0.717, 1.165) is 33.0 Å². The third kappa shape index (κ3) is 8.25. The van der Waals surface area contributed by atoms with Gasteiger partial charge in [0.15, 0.2) is 0 Å². The topological polar surface area (TPSA) is 86.8 Å². The van der Waals surface area contributed by atoms with Gasteiger partial charge in [0, 0.05) is 26.1 Å². The van der Waals surface area contributed by atoms with Crippen molar-refractivity contribution in [3.63, 3.8) is 0 Å². The van der Waals surface area contributed by atoms with E-state index >= 15 is 0 Å². The van der Waals surface area contributed by atoms with Gasteiger partial charge in [-0.1, -0.05) is 84.8 Å². The Labute approximate surface area is 232 Å². The van der Waals surface area contributed by atoms with Crippen LogP contribution in [-0.4, -0.2) is 55.1 Å². The minimum atomic E-state index is -3.91. The Bertz CT molecular complexity index is 1360. The van der Waals surface area contributed by atoms with Gasteiger partial charge in [-0.25, -0.2) is 8.42 Å². The van der Waals surface area contributed by atoms with Crippen LogP contribution in [-0.2, 0) is 32.6 Å². The van der Waals surface area contributed by atoms with Crippen molar-refractivity contribution >= 4 is 21.8 Å².